The highest BCUT2D eigenvalue weighted by molar-refractivity contribution is 6.39. The summed E-state index contributed by atoms with van der Waals surface area (Å²) in [6.45, 7) is 24.0. The van der Waals surface area contributed by atoms with Crippen molar-refractivity contribution in [3.05, 3.63) is 149 Å². The van der Waals surface area contributed by atoms with Crippen LogP contribution in [-0.4, -0.2) is 303 Å². The molecule has 6 aliphatic heterocycles. The number of anilines is 3. The zero-order valence-electron chi connectivity index (χ0n) is 83.0. The van der Waals surface area contributed by atoms with Crippen LogP contribution >= 0.6 is 0 Å². The Labute approximate surface area is 818 Å². The van der Waals surface area contributed by atoms with Crippen molar-refractivity contribution in [1.82, 2.24) is 69.7 Å². The Kier molecular flexibility index (Phi) is 38.6. The van der Waals surface area contributed by atoms with E-state index >= 15 is 0 Å². The average molecular weight is 1940 g/mol. The quantitative estimate of drug-likeness (QED) is 0.0138. The number of nitrogens with two attached hydrogens (primary N) is 1. The van der Waals surface area contributed by atoms with Gasteiger partial charge in [-0.25, -0.2) is 49.2 Å². The molecule has 3 saturated heterocycles. The number of aliphatic hydroxyl groups is 2. The molecule has 0 spiro atoms. The number of aliphatic hydroxyl groups excluding tert-OH is 1. The number of rotatable bonds is 27. The number of benzene rings is 1. The van der Waals surface area contributed by atoms with Gasteiger partial charge in [-0.2, -0.15) is 5.10 Å². The maximum atomic E-state index is 14.8. The lowest BCUT2D eigenvalue weighted by atomic mass is 9.78. The van der Waals surface area contributed by atoms with Crippen molar-refractivity contribution in [1.29, 1.82) is 0 Å². The number of carbonyl (C=O) groups excluding carboxylic acids is 8. The van der Waals surface area contributed by atoms with Crippen molar-refractivity contribution in [3.8, 4) is 11.3 Å². The van der Waals surface area contributed by atoms with E-state index in [1.807, 2.05) is 86.0 Å². The molecule has 6 N–H and O–H groups in total. The Morgan fingerprint density at radius 3 is 2.14 bits per heavy atom. The van der Waals surface area contributed by atoms with Crippen LogP contribution in [0.2, 0.25) is 0 Å². The highest BCUT2D eigenvalue weighted by Crippen LogP contribution is 2.41. The first kappa shape index (κ1) is 106. The maximum Gasteiger partial charge on any atom is 0.410 e. The van der Waals surface area contributed by atoms with Gasteiger partial charge in [0.2, 0.25) is 23.6 Å². The summed E-state index contributed by atoms with van der Waals surface area (Å²) in [6.07, 6.45) is 22.3. The molecular weight excluding hydrogens is 1800 g/mol. The zero-order valence-corrected chi connectivity index (χ0v) is 83.0. The number of allylic oxidation sites excluding steroid dienone is 6. The molecule has 0 radical (unpaired) electrons. The van der Waals surface area contributed by atoms with Crippen LogP contribution in [0.5, 0.6) is 0 Å². The van der Waals surface area contributed by atoms with E-state index in [1.165, 1.54) is 36.3 Å². The molecule has 4 amide bonds. The molecule has 37 nitrogen and oxygen atoms in total. The number of piperazine rings is 1. The van der Waals surface area contributed by atoms with Crippen LogP contribution in [0.25, 0.3) is 33.3 Å². The van der Waals surface area contributed by atoms with E-state index < -0.39 is 102 Å². The first-order chi connectivity index (χ1) is 67.6. The van der Waals surface area contributed by atoms with Crippen LogP contribution in [0, 0.1) is 35.5 Å². The molecule has 14 rings (SSSR count). The van der Waals surface area contributed by atoms with Crippen LogP contribution in [0.4, 0.5) is 22.5 Å². The van der Waals surface area contributed by atoms with E-state index in [9.17, 15) is 48.6 Å². The minimum absolute atomic E-state index is 0.0118. The fourth-order valence-electron chi connectivity index (χ4n) is 19.6. The van der Waals surface area contributed by atoms with Gasteiger partial charge < -0.3 is 98.1 Å². The smallest absolute Gasteiger partial charge is 0.410 e. The third-order valence-electron chi connectivity index (χ3n) is 28.0. The van der Waals surface area contributed by atoms with Crippen molar-refractivity contribution < 1.29 is 95.9 Å². The molecule has 6 aromatic heterocycles. The van der Waals surface area contributed by atoms with E-state index in [4.69, 9.17) is 68.2 Å². The van der Waals surface area contributed by atoms with E-state index in [-0.39, 0.29) is 61.1 Å². The van der Waals surface area contributed by atoms with Gasteiger partial charge in [-0.1, -0.05) is 96.2 Å². The molecule has 758 valence electrons. The van der Waals surface area contributed by atoms with Crippen molar-refractivity contribution in [2.45, 2.75) is 232 Å². The molecule has 37 heteroatoms. The third kappa shape index (κ3) is 27.3. The number of Topliss-reactive ketones (excluding diaryl/α,β-unsaturated/α-hetero) is 3. The van der Waals surface area contributed by atoms with Gasteiger partial charge in [0.05, 0.1) is 101 Å². The largest absolute Gasteiger partial charge is 0.460 e. The molecule has 15 atom stereocenters. The van der Waals surface area contributed by atoms with E-state index in [1.54, 1.807) is 65.4 Å². The number of amides is 4. The first-order valence-corrected chi connectivity index (χ1v) is 49.5. The lowest BCUT2D eigenvalue weighted by Gasteiger charge is -2.42. The number of nitrogens with zero attached hydrogens (tertiary/aromatic N) is 14. The number of hydrogen-bond donors (Lipinski definition) is 5. The molecule has 12 heterocycles. The number of hydrogen-bond acceptors (Lipinski definition) is 31. The van der Waals surface area contributed by atoms with E-state index in [0.717, 1.165) is 64.0 Å². The Morgan fingerprint density at radius 1 is 0.707 bits per heavy atom. The van der Waals surface area contributed by atoms with Gasteiger partial charge in [0.15, 0.2) is 11.4 Å². The minimum atomic E-state index is -2.48. The fraction of sp³-hybridized carbons (Fsp3) is 0.592. The van der Waals surface area contributed by atoms with Gasteiger partial charge in [0, 0.05) is 172 Å². The highest BCUT2D eigenvalue weighted by atomic mass is 16.6. The second kappa shape index (κ2) is 50.9. The average Bonchev–Trinajstić information content (AvgIpc) is 1.73. The monoisotopic (exact) mass is 1940 g/mol. The summed E-state index contributed by atoms with van der Waals surface area (Å²) in [6, 6.07) is 9.22. The second-order valence-corrected chi connectivity index (χ2v) is 38.1. The standard InChI is InChI=1S/C69H99N9O15.C34H42N8O5/c1-41-17-13-12-14-18-42(2)56(88-9)35-51-22-20-47(7)69(87,93-51)62(82)64(84)78-25-16-15-19-53(78)65(85)91-57(36-54(79)43(3)32-46(6)60(81)61(90-11)59(80)45(5)31-41)44(4)33-48-21-23-55(58(34-48)89-10)92-68(86)77-26-24-52-50(40-77)39-73-67(74-52)76-29-27-75(28-30-76)66-71-37-49(38-72-66)63(83)70-8;1-2-10-44-12-14-46-16-17-47-15-13-45-11-7-29(43)41-9-6-25-18-24(3-4-27(25)22-41)21-42-34-30(32(35)38-23-39-34)31(40-42)28-19-26-5-8-36-33(26)37-20-28/h12-14,17-18,32,37-39,41,43-45,47-48,51,53,55-58,60-61,81,87H,15-16,19-31,33-36,40H2,1-11H3,(H,70,83);3-5,8,18-20,23H,2,6-7,9-17,21-22H2,1H3,(H,36,37)(H2,35,38,39)/b14-12+,17-13+,42-18+,46-32+;/t41-,43-,44-,45-,47-,48+,51+,53+,55-,56+,57+,58-,60-,61+,69-;/m1./s1. The number of carbonyl (C=O) groups is 8. The summed E-state index contributed by atoms with van der Waals surface area (Å²) in [5.74, 6) is -7.18. The highest BCUT2D eigenvalue weighted by Gasteiger charge is 2.54. The number of ketones is 3. The fourth-order valence-corrected chi connectivity index (χ4v) is 19.6. The van der Waals surface area contributed by atoms with Gasteiger partial charge in [-0.15, -0.1) is 0 Å². The van der Waals surface area contributed by atoms with Crippen molar-refractivity contribution in [3.63, 3.8) is 0 Å². The number of esters is 1. The number of nitrogen functional groups attached to an aromatic ring is 1. The molecule has 4 fully saturated rings. The summed E-state index contributed by atoms with van der Waals surface area (Å²) < 4.78 is 60.2. The molecule has 1 aromatic carbocycles. The van der Waals surface area contributed by atoms with Crippen LogP contribution < -0.4 is 20.9 Å². The number of cyclic esters (lactones) is 1. The number of aromatic nitrogens is 10. The van der Waals surface area contributed by atoms with Gasteiger partial charge in [0.25, 0.3) is 17.6 Å². The Balaban J connectivity index is 0.000000292. The SMILES string of the molecule is CCCOCCOCCOCCOCCC(=O)N1CCc2cc(Cn3nc(-c4cnc5[nH]ccc5c4)c4c(N)ncnc43)ccc2C1.CNC(=O)c1cnc(N2CCN(c3ncc4c(n3)CCN(C(=O)O[C@@H]3CC[C@@H](C[C@@H](C)[C@@H]5CC(=O)[C@H](C)/C=C(\C)[C@@H](O)[C@@H](OC)C(=O)[C@H](C)C[C@H](C)/C=C/C=C/C=C(\C)[C@@H](OC)C[C@@H]6CC[C@@H](C)[C@@](O)(O6)C(=O)C(=O)N6CCCC[C@H]6C(=O)O5)C[C@H]3OC)C4)CC2)nc1. The predicted octanol–water partition coefficient (Wildman–Crippen LogP) is 10.4. The molecule has 1 saturated carbocycles. The number of piperidine rings is 1. The summed E-state index contributed by atoms with van der Waals surface area (Å²) in [5.41, 5.74) is 16.2. The summed E-state index contributed by atoms with van der Waals surface area (Å²) >= 11 is 0. The zero-order chi connectivity index (χ0) is 99.7. The predicted molar refractivity (Wildman–Crippen MR) is 523 cm³/mol. The molecule has 7 aliphatic rings. The van der Waals surface area contributed by atoms with Crippen molar-refractivity contribution in [2.75, 3.05) is 143 Å². The Bertz CT molecular complexity index is 5510. The number of aromatic amines is 1. The van der Waals surface area contributed by atoms with Gasteiger partial charge in [0.1, 0.15) is 59.7 Å². The number of H-pyrrole nitrogens is 1. The van der Waals surface area contributed by atoms with Crippen LogP contribution in [0.3, 0.4) is 0 Å². The third-order valence-corrected chi connectivity index (χ3v) is 28.0. The van der Waals surface area contributed by atoms with Crippen LogP contribution in [0.1, 0.15) is 184 Å². The summed E-state index contributed by atoms with van der Waals surface area (Å²) in [7, 11) is 6.09. The van der Waals surface area contributed by atoms with E-state index in [0.29, 0.717) is 221 Å². The van der Waals surface area contributed by atoms with E-state index in [2.05, 4.69) is 70.1 Å². The maximum absolute atomic E-state index is 14.8. The Hall–Kier alpha value is -11.3. The number of nitrogens with one attached hydrogen (secondary N) is 2. The normalized spacial score (nSPS) is 26.6. The molecular formula is C103H141N17O20. The number of fused-ring (bicyclic) bond motifs is 7. The number of ether oxygens (including phenoxy) is 10. The summed E-state index contributed by atoms with van der Waals surface area (Å²) in [4.78, 5) is 155. The number of methoxy groups -OCH3 is 3. The molecule has 140 heavy (non-hydrogen) atoms. The molecule has 1 aliphatic carbocycles. The van der Waals surface area contributed by atoms with Gasteiger partial charge >= 0.3 is 12.1 Å². The van der Waals surface area contributed by atoms with Gasteiger partial charge in [-0.3, -0.25) is 28.8 Å². The Morgan fingerprint density at radius 2 is 1.42 bits per heavy atom. The molecule has 7 aromatic rings. The van der Waals surface area contributed by atoms with Crippen molar-refractivity contribution >= 4 is 86.9 Å². The van der Waals surface area contributed by atoms with Crippen molar-refractivity contribution in [2.24, 2.45) is 35.5 Å². The molecule has 0 unspecified atom stereocenters. The van der Waals surface area contributed by atoms with Crippen LogP contribution in [-0.2, 0) is 109 Å². The number of pyridine rings is 1. The van der Waals surface area contributed by atoms with Gasteiger partial charge in [-0.05, 0) is 149 Å². The minimum Gasteiger partial charge on any atom is -0.460 e. The first-order valence-electron chi connectivity index (χ1n) is 49.5. The lowest BCUT2D eigenvalue weighted by molar-refractivity contribution is -0.265. The van der Waals surface area contributed by atoms with Crippen LogP contribution in [0.15, 0.2) is 115 Å². The lowest BCUT2D eigenvalue weighted by Crippen LogP contribution is -2.61. The topological polar surface area (TPSA) is 447 Å². The molecule has 2 bridgehead atoms. The second-order valence-electron chi connectivity index (χ2n) is 38.1. The summed E-state index contributed by atoms with van der Waals surface area (Å²) in [5, 5.41) is 33.0.